The van der Waals surface area contributed by atoms with Crippen LogP contribution in [0.5, 0.6) is 11.5 Å². The van der Waals surface area contributed by atoms with Crippen molar-refractivity contribution < 1.29 is 4.74 Å². The molecule has 0 saturated carbocycles. The minimum absolute atomic E-state index is 0.00720. The van der Waals surface area contributed by atoms with Crippen LogP contribution in [0.1, 0.15) is 26.3 Å². The lowest BCUT2D eigenvalue weighted by Gasteiger charge is -2.28. The summed E-state index contributed by atoms with van der Waals surface area (Å²) >= 11 is 0. The van der Waals surface area contributed by atoms with Crippen molar-refractivity contribution in [1.82, 2.24) is 9.55 Å². The average Bonchev–Trinajstić information content (AvgIpc) is 3.87. The van der Waals surface area contributed by atoms with Gasteiger partial charge in [0.2, 0.25) is 0 Å². The second-order valence-corrected chi connectivity index (χ2v) is 17.7. The molecule has 0 saturated heterocycles. The van der Waals surface area contributed by atoms with Crippen molar-refractivity contribution in [2.45, 2.75) is 26.2 Å². The van der Waals surface area contributed by atoms with Crippen molar-refractivity contribution in [3.05, 3.63) is 206 Å². The van der Waals surface area contributed by atoms with Crippen molar-refractivity contribution in [3.63, 3.8) is 0 Å². The number of anilines is 4. The molecule has 0 unspecified atom stereocenters. The molecule has 10 bridgehead atoms. The molecule has 10 aromatic rings. The van der Waals surface area contributed by atoms with Gasteiger partial charge in [0.25, 0.3) is 0 Å². The lowest BCUT2D eigenvalue weighted by atomic mass is 9.84. The van der Waals surface area contributed by atoms with Gasteiger partial charge in [0.05, 0.1) is 33.8 Å². The maximum atomic E-state index is 6.79. The lowest BCUT2D eigenvalue weighted by molar-refractivity contribution is 0.483. The van der Waals surface area contributed by atoms with Crippen LogP contribution in [0.4, 0.5) is 22.7 Å². The Morgan fingerprint density at radius 2 is 1.11 bits per heavy atom. The Morgan fingerprint density at radius 3 is 1.98 bits per heavy atom. The zero-order valence-corrected chi connectivity index (χ0v) is 35.5. The van der Waals surface area contributed by atoms with Crippen LogP contribution in [0.15, 0.2) is 200 Å². The predicted molar refractivity (Wildman–Crippen MR) is 261 cm³/mol. The van der Waals surface area contributed by atoms with E-state index in [1.165, 1.54) is 22.1 Å². The van der Waals surface area contributed by atoms with Crippen LogP contribution in [-0.2, 0) is 5.41 Å². The highest BCUT2D eigenvalue weighted by atomic mass is 16.5. The minimum atomic E-state index is -0.00720. The fourth-order valence-electron chi connectivity index (χ4n) is 9.70. The summed E-state index contributed by atoms with van der Waals surface area (Å²) in [5.41, 5.74) is 16.9. The molecule has 12 rings (SSSR count). The van der Waals surface area contributed by atoms with Gasteiger partial charge in [0.15, 0.2) is 0 Å². The zero-order valence-electron chi connectivity index (χ0n) is 35.5. The van der Waals surface area contributed by atoms with E-state index in [1.807, 2.05) is 6.07 Å². The summed E-state index contributed by atoms with van der Waals surface area (Å²) < 4.78 is 9.05. The van der Waals surface area contributed by atoms with Crippen LogP contribution in [0, 0.1) is 0 Å². The monoisotopic (exact) mass is 812 g/mol. The maximum absolute atomic E-state index is 6.79. The van der Waals surface area contributed by atoms with E-state index in [9.17, 15) is 0 Å². The van der Waals surface area contributed by atoms with Gasteiger partial charge in [-0.2, -0.15) is 0 Å². The largest absolute Gasteiger partial charge is 0.457 e. The van der Waals surface area contributed by atoms with E-state index >= 15 is 0 Å². The van der Waals surface area contributed by atoms with Gasteiger partial charge < -0.3 is 14.5 Å². The molecule has 0 aliphatic carbocycles. The van der Waals surface area contributed by atoms with E-state index in [-0.39, 0.29) is 5.41 Å². The first-order chi connectivity index (χ1) is 30.9. The summed E-state index contributed by atoms with van der Waals surface area (Å²) in [7, 11) is 0. The molecule has 0 amide bonds. The Balaban J connectivity index is 1.13. The van der Waals surface area contributed by atoms with Crippen molar-refractivity contribution in [1.29, 1.82) is 0 Å². The topological polar surface area (TPSA) is 33.5 Å². The van der Waals surface area contributed by atoms with E-state index in [1.54, 1.807) is 0 Å². The highest BCUT2D eigenvalue weighted by Crippen LogP contribution is 2.52. The summed E-state index contributed by atoms with van der Waals surface area (Å²) in [6.45, 7) is 7.47. The molecule has 5 nitrogen and oxygen atoms in total. The number of nitrogens with zero attached hydrogens (tertiary/aromatic N) is 4. The molecule has 0 atom stereocenters. The standard InChI is InChI=1S/C58H44N4O/c1-58(2,3)41-18-11-16-39(34-41)46-24-13-25-50-47-22-5-4-21-45(47)38-15-10-17-40(33-38)51-26-14-30-56(59-51)62-52-27-7-6-23-48(52)49-32-31-44(36-55(49)62)63-43-20-12-19-42(35-43)60-37-61(57(46)50)54-29-9-8-28-53(54)60/h4-36H,37H2,1-3H3. The molecule has 0 radical (unpaired) electrons. The van der Waals surface area contributed by atoms with Crippen LogP contribution in [0.3, 0.4) is 0 Å². The number of pyridine rings is 1. The van der Waals surface area contributed by atoms with Crippen LogP contribution in [-0.4, -0.2) is 16.2 Å². The highest BCUT2D eigenvalue weighted by Gasteiger charge is 2.32. The smallest absolute Gasteiger partial charge is 0.138 e. The first-order valence-corrected chi connectivity index (χ1v) is 21.7. The third kappa shape index (κ3) is 6.19. The predicted octanol–water partition coefficient (Wildman–Crippen LogP) is 15.5. The quantitative estimate of drug-likeness (QED) is 0.165. The first-order valence-electron chi connectivity index (χ1n) is 21.7. The Hall–Kier alpha value is -7.89. The van der Waals surface area contributed by atoms with Gasteiger partial charge in [0.1, 0.15) is 24.0 Å². The fourth-order valence-corrected chi connectivity index (χ4v) is 9.70. The van der Waals surface area contributed by atoms with Gasteiger partial charge in [-0.25, -0.2) is 4.98 Å². The molecule has 0 spiro atoms. The van der Waals surface area contributed by atoms with Crippen molar-refractivity contribution in [3.8, 4) is 62.0 Å². The lowest BCUT2D eigenvalue weighted by Crippen LogP contribution is -2.25. The van der Waals surface area contributed by atoms with Crippen LogP contribution in [0.25, 0.3) is 72.3 Å². The van der Waals surface area contributed by atoms with Crippen molar-refractivity contribution in [2.24, 2.45) is 0 Å². The maximum Gasteiger partial charge on any atom is 0.138 e. The summed E-state index contributed by atoms with van der Waals surface area (Å²) in [6.07, 6.45) is 0. The van der Waals surface area contributed by atoms with E-state index < -0.39 is 0 Å². The van der Waals surface area contributed by atoms with Gasteiger partial charge in [0, 0.05) is 45.3 Å². The molecule has 8 aromatic carbocycles. The van der Waals surface area contributed by atoms with Gasteiger partial charge in [-0.1, -0.05) is 148 Å². The SMILES string of the molecule is CC(C)(C)c1cccc(-c2cccc3c2N2CN(c4cccc(c4)Oc4ccc5c6ccccc6n(c5c4)-c4cccc(n4)-c4cccc(c4)-c4ccccc4-3)c3ccccc32)c1. The van der Waals surface area contributed by atoms with Crippen molar-refractivity contribution in [2.75, 3.05) is 16.5 Å². The van der Waals surface area contributed by atoms with E-state index in [0.717, 1.165) is 90.0 Å². The number of hydrogen-bond donors (Lipinski definition) is 0. The number of aromatic nitrogens is 2. The molecule has 63 heavy (non-hydrogen) atoms. The second kappa shape index (κ2) is 14.4. The molecular weight excluding hydrogens is 769 g/mol. The molecule has 0 fully saturated rings. The number of benzene rings is 8. The Labute approximate surface area is 367 Å². The molecule has 2 aromatic heterocycles. The van der Waals surface area contributed by atoms with Gasteiger partial charge in [-0.05, 0) is 93.9 Å². The van der Waals surface area contributed by atoms with E-state index in [2.05, 4.69) is 229 Å². The van der Waals surface area contributed by atoms with Crippen LogP contribution >= 0.6 is 0 Å². The van der Waals surface area contributed by atoms with E-state index in [0.29, 0.717) is 6.67 Å². The number of rotatable bonds is 1. The Morgan fingerprint density at radius 1 is 0.460 bits per heavy atom. The molecule has 2 aliphatic rings. The molecule has 2 aliphatic heterocycles. The first kappa shape index (κ1) is 36.9. The second-order valence-electron chi connectivity index (χ2n) is 17.7. The zero-order chi connectivity index (χ0) is 42.2. The summed E-state index contributed by atoms with van der Waals surface area (Å²) in [5.74, 6) is 2.38. The molecule has 4 heterocycles. The Kier molecular flexibility index (Phi) is 8.41. The van der Waals surface area contributed by atoms with Gasteiger partial charge >= 0.3 is 0 Å². The molecule has 5 heteroatoms. The normalized spacial score (nSPS) is 13.0. The molecule has 302 valence electrons. The number of fused-ring (bicyclic) bond motifs is 23. The van der Waals surface area contributed by atoms with Crippen molar-refractivity contribution >= 4 is 44.6 Å². The summed E-state index contributed by atoms with van der Waals surface area (Å²) in [4.78, 5) is 10.3. The minimum Gasteiger partial charge on any atom is -0.457 e. The Bertz CT molecular complexity index is 3430. The van der Waals surface area contributed by atoms with Crippen LogP contribution < -0.4 is 14.5 Å². The van der Waals surface area contributed by atoms with Gasteiger partial charge in [-0.3, -0.25) is 4.57 Å². The molecular formula is C58H44N4O. The summed E-state index contributed by atoms with van der Waals surface area (Å²) in [5, 5.41) is 2.32. The third-order valence-electron chi connectivity index (χ3n) is 12.8. The number of hydrogen-bond acceptors (Lipinski definition) is 4. The fraction of sp³-hybridized carbons (Fsp3) is 0.0862. The highest BCUT2D eigenvalue weighted by molar-refractivity contribution is 6.09. The average molecular weight is 813 g/mol. The third-order valence-corrected chi connectivity index (χ3v) is 12.8. The number of ether oxygens (including phenoxy) is 1. The van der Waals surface area contributed by atoms with Gasteiger partial charge in [-0.15, -0.1) is 0 Å². The molecule has 0 N–H and O–H groups in total. The van der Waals surface area contributed by atoms with Crippen LogP contribution in [0.2, 0.25) is 0 Å². The van der Waals surface area contributed by atoms with E-state index in [4.69, 9.17) is 9.72 Å². The number of para-hydroxylation sites is 4. The summed E-state index contributed by atoms with van der Waals surface area (Å²) in [6, 6.07) is 72.2.